The number of hydrogen-bond acceptors (Lipinski definition) is 4. The van der Waals surface area contributed by atoms with E-state index in [0.29, 0.717) is 18.5 Å². The average Bonchev–Trinajstić information content (AvgIpc) is 3.30. The van der Waals surface area contributed by atoms with Crippen molar-refractivity contribution in [3.63, 3.8) is 0 Å². The van der Waals surface area contributed by atoms with Crippen molar-refractivity contribution < 1.29 is 14.3 Å². The van der Waals surface area contributed by atoms with E-state index in [4.69, 9.17) is 0 Å². The van der Waals surface area contributed by atoms with E-state index in [1.807, 2.05) is 60.4 Å². The summed E-state index contributed by atoms with van der Waals surface area (Å²) in [5.41, 5.74) is 4.51. The number of halogens is 1. The monoisotopic (exact) mass is 529 g/mol. The highest BCUT2D eigenvalue weighted by molar-refractivity contribution is 5.93. The fourth-order valence-electron chi connectivity index (χ4n) is 6.28. The molecule has 2 aliphatic rings. The Balaban J connectivity index is 1.38. The maximum Gasteiger partial charge on any atom is 0.229 e. The van der Waals surface area contributed by atoms with E-state index in [-0.39, 0.29) is 35.5 Å². The summed E-state index contributed by atoms with van der Waals surface area (Å²) in [4.78, 5) is 18.2. The minimum Gasteiger partial charge on any atom is -0.378 e. The zero-order valence-electron chi connectivity index (χ0n) is 23.2. The maximum atomic E-state index is 14.6. The molecule has 3 aromatic carbocycles. The van der Waals surface area contributed by atoms with Crippen molar-refractivity contribution in [2.45, 2.75) is 58.7 Å². The molecular formula is C33H40FN3O2. The quantitative estimate of drug-likeness (QED) is 0.376. The number of piperidine rings is 1. The van der Waals surface area contributed by atoms with Gasteiger partial charge in [-0.2, -0.15) is 0 Å². The molecule has 0 bridgehead atoms. The molecule has 3 unspecified atom stereocenters. The van der Waals surface area contributed by atoms with Crippen molar-refractivity contribution in [2.24, 2.45) is 11.3 Å². The Hall–Kier alpha value is -3.22. The fourth-order valence-corrected chi connectivity index (χ4v) is 6.28. The van der Waals surface area contributed by atoms with Crippen molar-refractivity contribution >= 4 is 17.3 Å². The van der Waals surface area contributed by atoms with E-state index in [9.17, 15) is 14.3 Å². The Bertz CT molecular complexity index is 1270. The number of aliphatic hydroxyl groups is 1. The summed E-state index contributed by atoms with van der Waals surface area (Å²) < 4.78 is 14.6. The summed E-state index contributed by atoms with van der Waals surface area (Å²) in [6, 6.07) is 22.7. The minimum absolute atomic E-state index is 0.0540. The highest BCUT2D eigenvalue weighted by atomic mass is 19.1. The van der Waals surface area contributed by atoms with Gasteiger partial charge in [-0.25, -0.2) is 4.39 Å². The average molecular weight is 530 g/mol. The normalized spacial score (nSPS) is 22.0. The summed E-state index contributed by atoms with van der Waals surface area (Å²) >= 11 is 0. The molecular weight excluding hydrogens is 489 g/mol. The van der Waals surface area contributed by atoms with Gasteiger partial charge in [0.2, 0.25) is 5.91 Å². The molecule has 3 aromatic rings. The number of likely N-dealkylation sites (tertiary alicyclic amines) is 1. The Morgan fingerprint density at radius 2 is 1.85 bits per heavy atom. The van der Waals surface area contributed by atoms with Crippen LogP contribution in [0.4, 0.5) is 15.8 Å². The van der Waals surface area contributed by atoms with Crippen molar-refractivity contribution in [3.8, 4) is 0 Å². The first-order valence-electron chi connectivity index (χ1n) is 14.1. The SMILES string of the molecule is Cc1cccc(F)c1CC(O)N1CCCC(C(=O)Nc2cccc(N3CCC(C)(C)C3)c2)C1c1ccccc1. The van der Waals surface area contributed by atoms with Crippen LogP contribution in [0, 0.1) is 24.1 Å². The molecule has 5 rings (SSSR count). The third-order valence-corrected chi connectivity index (χ3v) is 8.43. The van der Waals surface area contributed by atoms with Gasteiger partial charge in [-0.1, -0.05) is 62.4 Å². The lowest BCUT2D eigenvalue weighted by Crippen LogP contribution is -2.49. The van der Waals surface area contributed by atoms with Crippen molar-refractivity contribution in [1.82, 2.24) is 4.90 Å². The zero-order valence-corrected chi connectivity index (χ0v) is 23.2. The van der Waals surface area contributed by atoms with Gasteiger partial charge in [-0.15, -0.1) is 0 Å². The van der Waals surface area contributed by atoms with E-state index < -0.39 is 6.23 Å². The zero-order chi connectivity index (χ0) is 27.6. The molecule has 2 N–H and O–H groups in total. The molecule has 0 aromatic heterocycles. The summed E-state index contributed by atoms with van der Waals surface area (Å²) in [6.07, 6.45) is 1.90. The van der Waals surface area contributed by atoms with Crippen LogP contribution in [0.5, 0.6) is 0 Å². The van der Waals surface area contributed by atoms with Crippen LogP contribution < -0.4 is 10.2 Å². The lowest BCUT2D eigenvalue weighted by molar-refractivity contribution is -0.128. The minimum atomic E-state index is -0.914. The fraction of sp³-hybridized carbons (Fsp3) is 0.424. The lowest BCUT2D eigenvalue weighted by Gasteiger charge is -2.43. The second-order valence-corrected chi connectivity index (χ2v) is 11.9. The molecule has 2 saturated heterocycles. The van der Waals surface area contributed by atoms with Crippen LogP contribution in [0.15, 0.2) is 72.8 Å². The van der Waals surface area contributed by atoms with Gasteiger partial charge in [-0.05, 0) is 72.6 Å². The van der Waals surface area contributed by atoms with Crippen molar-refractivity contribution in [2.75, 3.05) is 29.9 Å². The molecule has 0 aliphatic carbocycles. The largest absolute Gasteiger partial charge is 0.378 e. The van der Waals surface area contributed by atoms with Crippen LogP contribution in [-0.2, 0) is 11.2 Å². The number of nitrogens with zero attached hydrogens (tertiary/aromatic N) is 2. The molecule has 5 nitrogen and oxygen atoms in total. The molecule has 206 valence electrons. The van der Waals surface area contributed by atoms with E-state index in [1.54, 1.807) is 6.07 Å². The highest BCUT2D eigenvalue weighted by Gasteiger charge is 2.40. The van der Waals surface area contributed by atoms with Gasteiger partial charge < -0.3 is 15.3 Å². The molecule has 1 amide bonds. The summed E-state index contributed by atoms with van der Waals surface area (Å²) in [5.74, 6) is -0.716. The number of nitrogens with one attached hydrogen (secondary N) is 1. The summed E-state index contributed by atoms with van der Waals surface area (Å²) in [7, 11) is 0. The topological polar surface area (TPSA) is 55.8 Å². The lowest BCUT2D eigenvalue weighted by atomic mass is 9.83. The van der Waals surface area contributed by atoms with E-state index >= 15 is 0 Å². The molecule has 3 atom stereocenters. The van der Waals surface area contributed by atoms with Gasteiger partial charge in [0.1, 0.15) is 12.0 Å². The van der Waals surface area contributed by atoms with Gasteiger partial charge in [0.15, 0.2) is 0 Å². The summed E-state index contributed by atoms with van der Waals surface area (Å²) in [6.45, 7) is 9.09. The number of aryl methyl sites for hydroxylation is 1. The molecule has 6 heteroatoms. The summed E-state index contributed by atoms with van der Waals surface area (Å²) in [5, 5.41) is 14.6. The Labute approximate surface area is 231 Å². The number of rotatable bonds is 7. The van der Waals surface area contributed by atoms with Crippen LogP contribution >= 0.6 is 0 Å². The Kier molecular flexibility index (Phi) is 8.06. The first kappa shape index (κ1) is 27.4. The van der Waals surface area contributed by atoms with Gasteiger partial charge in [0.25, 0.3) is 0 Å². The number of carbonyl (C=O) groups is 1. The standard InChI is InChI=1S/C33H40FN3O2/c1-23-10-7-16-29(34)28(23)21-30(38)37-18-9-15-27(31(37)24-11-5-4-6-12-24)32(39)35-25-13-8-14-26(20-25)36-19-17-33(2,3)22-36/h4-8,10-14,16,20,27,30-31,38H,9,15,17-19,21-22H2,1-3H3,(H,35,39). The first-order valence-corrected chi connectivity index (χ1v) is 14.1. The molecule has 0 radical (unpaired) electrons. The van der Waals surface area contributed by atoms with Gasteiger partial charge >= 0.3 is 0 Å². The van der Waals surface area contributed by atoms with Gasteiger partial charge in [-0.3, -0.25) is 9.69 Å². The van der Waals surface area contributed by atoms with Crippen LogP contribution in [0.2, 0.25) is 0 Å². The van der Waals surface area contributed by atoms with Crippen LogP contribution in [0.1, 0.15) is 55.8 Å². The van der Waals surface area contributed by atoms with Gasteiger partial charge in [0.05, 0.1) is 5.92 Å². The highest BCUT2D eigenvalue weighted by Crippen LogP contribution is 2.39. The number of aliphatic hydroxyl groups excluding tert-OH is 1. The van der Waals surface area contributed by atoms with E-state index in [0.717, 1.165) is 48.4 Å². The van der Waals surface area contributed by atoms with E-state index in [2.05, 4.69) is 36.2 Å². The van der Waals surface area contributed by atoms with Gasteiger partial charge in [0, 0.05) is 43.5 Å². The predicted octanol–water partition coefficient (Wildman–Crippen LogP) is 6.32. The molecule has 2 heterocycles. The van der Waals surface area contributed by atoms with Crippen LogP contribution in [0.3, 0.4) is 0 Å². The number of carbonyl (C=O) groups excluding carboxylic acids is 1. The van der Waals surface area contributed by atoms with E-state index in [1.165, 1.54) is 6.07 Å². The molecule has 2 aliphatic heterocycles. The second kappa shape index (κ2) is 11.5. The Morgan fingerprint density at radius 3 is 2.56 bits per heavy atom. The molecule has 39 heavy (non-hydrogen) atoms. The molecule has 2 fully saturated rings. The number of anilines is 2. The third-order valence-electron chi connectivity index (χ3n) is 8.43. The maximum absolute atomic E-state index is 14.6. The number of benzene rings is 3. The first-order chi connectivity index (χ1) is 18.7. The smallest absolute Gasteiger partial charge is 0.229 e. The molecule has 0 spiro atoms. The molecule has 0 saturated carbocycles. The number of hydrogen-bond donors (Lipinski definition) is 2. The van der Waals surface area contributed by atoms with Crippen LogP contribution in [-0.4, -0.2) is 41.8 Å². The van der Waals surface area contributed by atoms with Crippen molar-refractivity contribution in [3.05, 3.63) is 95.3 Å². The number of amides is 1. The third kappa shape index (κ3) is 6.18. The van der Waals surface area contributed by atoms with Crippen molar-refractivity contribution in [1.29, 1.82) is 0 Å². The Morgan fingerprint density at radius 1 is 1.08 bits per heavy atom. The van der Waals surface area contributed by atoms with Crippen LogP contribution in [0.25, 0.3) is 0 Å². The second-order valence-electron chi connectivity index (χ2n) is 11.9. The predicted molar refractivity (Wildman–Crippen MR) is 155 cm³/mol.